The van der Waals surface area contributed by atoms with Crippen molar-refractivity contribution >= 4 is 5.78 Å². The standard InChI is InChI=1S/C13H26O3/c1-6-10(4)16-11(7-2)9-12(14)13(5,15)8-3/h10-11,15H,6-9H2,1-5H3. The molecule has 0 aromatic heterocycles. The van der Waals surface area contributed by atoms with Crippen LogP contribution in [0.3, 0.4) is 0 Å². The molecule has 0 fully saturated rings. The van der Waals surface area contributed by atoms with Gasteiger partial charge in [-0.1, -0.05) is 20.8 Å². The highest BCUT2D eigenvalue weighted by Crippen LogP contribution is 2.17. The monoisotopic (exact) mass is 230 g/mol. The lowest BCUT2D eigenvalue weighted by atomic mass is 9.93. The normalized spacial score (nSPS) is 18.9. The quantitative estimate of drug-likeness (QED) is 0.697. The highest BCUT2D eigenvalue weighted by Gasteiger charge is 2.29. The number of aliphatic hydroxyl groups is 1. The van der Waals surface area contributed by atoms with Crippen molar-refractivity contribution in [2.24, 2.45) is 0 Å². The SMILES string of the molecule is CCC(C)OC(CC)CC(=O)C(C)(O)CC. The average molecular weight is 230 g/mol. The predicted octanol–water partition coefficient (Wildman–Crippen LogP) is 2.70. The lowest BCUT2D eigenvalue weighted by Gasteiger charge is -2.25. The van der Waals surface area contributed by atoms with Gasteiger partial charge in [-0.15, -0.1) is 0 Å². The smallest absolute Gasteiger partial charge is 0.166 e. The fraction of sp³-hybridized carbons (Fsp3) is 0.923. The summed E-state index contributed by atoms with van der Waals surface area (Å²) in [5, 5.41) is 9.82. The summed E-state index contributed by atoms with van der Waals surface area (Å²) in [6, 6.07) is 0. The molecule has 0 rings (SSSR count). The van der Waals surface area contributed by atoms with Gasteiger partial charge in [-0.25, -0.2) is 0 Å². The van der Waals surface area contributed by atoms with E-state index in [0.717, 1.165) is 12.8 Å². The van der Waals surface area contributed by atoms with E-state index in [-0.39, 0.29) is 18.0 Å². The highest BCUT2D eigenvalue weighted by atomic mass is 16.5. The van der Waals surface area contributed by atoms with Gasteiger partial charge in [0.25, 0.3) is 0 Å². The molecule has 3 atom stereocenters. The molecule has 0 bridgehead atoms. The van der Waals surface area contributed by atoms with E-state index in [1.807, 2.05) is 20.8 Å². The van der Waals surface area contributed by atoms with Crippen LogP contribution >= 0.6 is 0 Å². The van der Waals surface area contributed by atoms with E-state index in [9.17, 15) is 9.90 Å². The van der Waals surface area contributed by atoms with Crippen LogP contribution in [0.1, 0.15) is 60.3 Å². The molecule has 3 heteroatoms. The maximum Gasteiger partial charge on any atom is 0.166 e. The summed E-state index contributed by atoms with van der Waals surface area (Å²) < 4.78 is 5.73. The fourth-order valence-electron chi connectivity index (χ4n) is 1.34. The van der Waals surface area contributed by atoms with Gasteiger partial charge in [-0.2, -0.15) is 0 Å². The molecule has 0 amide bonds. The summed E-state index contributed by atoms with van der Waals surface area (Å²) in [4.78, 5) is 11.8. The molecule has 3 unspecified atom stereocenters. The van der Waals surface area contributed by atoms with Crippen molar-refractivity contribution in [3.8, 4) is 0 Å². The molecular formula is C13H26O3. The molecule has 3 nitrogen and oxygen atoms in total. The predicted molar refractivity (Wildman–Crippen MR) is 65.5 cm³/mol. The summed E-state index contributed by atoms with van der Waals surface area (Å²) >= 11 is 0. The maximum atomic E-state index is 11.8. The average Bonchev–Trinajstić information content (AvgIpc) is 2.27. The van der Waals surface area contributed by atoms with Crippen molar-refractivity contribution in [2.45, 2.75) is 78.1 Å². The minimum absolute atomic E-state index is 0.0690. The van der Waals surface area contributed by atoms with Gasteiger partial charge in [-0.3, -0.25) is 4.79 Å². The Morgan fingerprint density at radius 3 is 2.25 bits per heavy atom. The molecule has 96 valence electrons. The number of Topliss-reactive ketones (excluding diaryl/α,β-unsaturated/α-hetero) is 1. The van der Waals surface area contributed by atoms with Crippen LogP contribution in [-0.2, 0) is 9.53 Å². The Labute approximate surface area is 99.2 Å². The Hall–Kier alpha value is -0.410. The van der Waals surface area contributed by atoms with Crippen molar-refractivity contribution < 1.29 is 14.6 Å². The molecule has 0 aromatic carbocycles. The first-order chi connectivity index (χ1) is 7.37. The summed E-state index contributed by atoms with van der Waals surface area (Å²) in [5.74, 6) is -0.120. The number of rotatable bonds is 8. The van der Waals surface area contributed by atoms with Crippen molar-refractivity contribution in [2.75, 3.05) is 0 Å². The zero-order valence-corrected chi connectivity index (χ0v) is 11.2. The molecule has 0 heterocycles. The molecule has 0 spiro atoms. The second kappa shape index (κ2) is 7.02. The molecule has 0 saturated carbocycles. The van der Waals surface area contributed by atoms with Crippen LogP contribution in [0, 0.1) is 0 Å². The number of ether oxygens (including phenoxy) is 1. The minimum Gasteiger partial charge on any atom is -0.382 e. The lowest BCUT2D eigenvalue weighted by Crippen LogP contribution is -2.37. The van der Waals surface area contributed by atoms with E-state index in [2.05, 4.69) is 6.92 Å². The first kappa shape index (κ1) is 15.6. The zero-order chi connectivity index (χ0) is 12.8. The molecule has 0 aromatic rings. The van der Waals surface area contributed by atoms with Crippen LogP contribution in [0.2, 0.25) is 0 Å². The van der Waals surface area contributed by atoms with E-state index in [1.165, 1.54) is 0 Å². The molecule has 16 heavy (non-hydrogen) atoms. The zero-order valence-electron chi connectivity index (χ0n) is 11.2. The molecular weight excluding hydrogens is 204 g/mol. The van der Waals surface area contributed by atoms with Gasteiger partial charge in [0.2, 0.25) is 0 Å². The van der Waals surface area contributed by atoms with Crippen molar-refractivity contribution in [3.05, 3.63) is 0 Å². The number of carbonyl (C=O) groups is 1. The number of carbonyl (C=O) groups excluding carboxylic acids is 1. The van der Waals surface area contributed by atoms with E-state index < -0.39 is 5.60 Å². The van der Waals surface area contributed by atoms with E-state index in [4.69, 9.17) is 4.74 Å². The van der Waals surface area contributed by atoms with E-state index in [0.29, 0.717) is 12.8 Å². The third-order valence-corrected chi connectivity index (χ3v) is 3.16. The molecule has 0 saturated heterocycles. The third-order valence-electron chi connectivity index (χ3n) is 3.16. The Kier molecular flexibility index (Phi) is 6.84. The van der Waals surface area contributed by atoms with E-state index in [1.54, 1.807) is 6.92 Å². The lowest BCUT2D eigenvalue weighted by molar-refractivity contribution is -0.140. The summed E-state index contributed by atoms with van der Waals surface area (Å²) in [6.45, 7) is 9.45. The largest absolute Gasteiger partial charge is 0.382 e. The van der Waals surface area contributed by atoms with Gasteiger partial charge >= 0.3 is 0 Å². The van der Waals surface area contributed by atoms with Crippen LogP contribution in [0.5, 0.6) is 0 Å². The number of hydrogen-bond donors (Lipinski definition) is 1. The van der Waals surface area contributed by atoms with Crippen LogP contribution in [0.25, 0.3) is 0 Å². The van der Waals surface area contributed by atoms with Gasteiger partial charge < -0.3 is 9.84 Å². The van der Waals surface area contributed by atoms with Gasteiger partial charge in [0.15, 0.2) is 5.78 Å². The third kappa shape index (κ3) is 5.08. The summed E-state index contributed by atoms with van der Waals surface area (Å²) in [5.41, 5.74) is -1.20. The van der Waals surface area contributed by atoms with Crippen molar-refractivity contribution in [1.82, 2.24) is 0 Å². The van der Waals surface area contributed by atoms with E-state index >= 15 is 0 Å². The minimum atomic E-state index is -1.20. The second-order valence-electron chi connectivity index (χ2n) is 4.64. The molecule has 1 N–H and O–H groups in total. The van der Waals surface area contributed by atoms with Crippen molar-refractivity contribution in [1.29, 1.82) is 0 Å². The first-order valence-corrected chi connectivity index (χ1v) is 6.28. The Morgan fingerprint density at radius 1 is 1.31 bits per heavy atom. The summed E-state index contributed by atoms with van der Waals surface area (Å²) in [6.07, 6.45) is 2.60. The summed E-state index contributed by atoms with van der Waals surface area (Å²) in [7, 11) is 0. The Balaban J connectivity index is 4.27. The first-order valence-electron chi connectivity index (χ1n) is 6.28. The number of hydrogen-bond acceptors (Lipinski definition) is 3. The molecule has 0 radical (unpaired) electrons. The fourth-order valence-corrected chi connectivity index (χ4v) is 1.34. The number of ketones is 1. The Morgan fingerprint density at radius 2 is 1.88 bits per heavy atom. The van der Waals surface area contributed by atoms with Gasteiger partial charge in [0.05, 0.1) is 12.2 Å². The molecule has 0 aliphatic rings. The Bertz CT molecular complexity index is 211. The van der Waals surface area contributed by atoms with Gasteiger partial charge in [-0.05, 0) is 33.1 Å². The van der Waals surface area contributed by atoms with Gasteiger partial charge in [0.1, 0.15) is 5.60 Å². The van der Waals surface area contributed by atoms with Crippen LogP contribution < -0.4 is 0 Å². The molecule has 0 aliphatic carbocycles. The molecule has 0 aliphatic heterocycles. The van der Waals surface area contributed by atoms with Crippen LogP contribution in [-0.4, -0.2) is 28.7 Å². The van der Waals surface area contributed by atoms with Gasteiger partial charge in [0, 0.05) is 6.42 Å². The van der Waals surface area contributed by atoms with Crippen LogP contribution in [0.15, 0.2) is 0 Å². The highest BCUT2D eigenvalue weighted by molar-refractivity contribution is 5.86. The maximum absolute atomic E-state index is 11.8. The van der Waals surface area contributed by atoms with Crippen LogP contribution in [0.4, 0.5) is 0 Å². The van der Waals surface area contributed by atoms with Crippen molar-refractivity contribution in [3.63, 3.8) is 0 Å². The second-order valence-corrected chi connectivity index (χ2v) is 4.64. The topological polar surface area (TPSA) is 46.5 Å².